The van der Waals surface area contributed by atoms with E-state index in [1.165, 1.54) is 23.1 Å². The third kappa shape index (κ3) is 3.97. The fourth-order valence-corrected chi connectivity index (χ4v) is 3.41. The number of nitrogens with one attached hydrogen (secondary N) is 1. The highest BCUT2D eigenvalue weighted by Crippen LogP contribution is 2.30. The molecule has 0 aliphatic rings. The number of anilines is 2. The third-order valence-electron chi connectivity index (χ3n) is 2.41. The van der Waals surface area contributed by atoms with Crippen LogP contribution in [0.5, 0.6) is 0 Å². The smallest absolute Gasteiger partial charge is 0.234 e. The number of amides is 1. The Labute approximate surface area is 120 Å². The minimum Gasteiger partial charge on any atom is -0.375 e. The van der Waals surface area contributed by atoms with Gasteiger partial charge in [-0.15, -0.1) is 11.8 Å². The van der Waals surface area contributed by atoms with Crippen LogP contribution >= 0.6 is 23.1 Å². The first-order valence-electron chi connectivity index (χ1n) is 5.77. The Balaban J connectivity index is 1.90. The van der Waals surface area contributed by atoms with Crippen LogP contribution in [-0.2, 0) is 4.79 Å². The SMILES string of the molecule is Cc1cccc(NC(=O)CSc2sc(N)nc2C)c1. The molecule has 0 saturated carbocycles. The second-order valence-electron chi connectivity index (χ2n) is 4.13. The molecule has 1 heterocycles. The lowest BCUT2D eigenvalue weighted by Crippen LogP contribution is -2.13. The van der Waals surface area contributed by atoms with Gasteiger partial charge < -0.3 is 11.1 Å². The molecular formula is C13H15N3OS2. The van der Waals surface area contributed by atoms with Crippen LogP contribution in [0.1, 0.15) is 11.3 Å². The van der Waals surface area contributed by atoms with E-state index < -0.39 is 0 Å². The summed E-state index contributed by atoms with van der Waals surface area (Å²) in [6.45, 7) is 3.89. The quantitative estimate of drug-likeness (QED) is 0.850. The zero-order valence-electron chi connectivity index (χ0n) is 10.8. The minimum absolute atomic E-state index is 0.0260. The Hall–Kier alpha value is -1.53. The second kappa shape index (κ2) is 6.08. The Bertz CT molecular complexity index is 595. The van der Waals surface area contributed by atoms with Gasteiger partial charge in [-0.2, -0.15) is 0 Å². The van der Waals surface area contributed by atoms with Crippen LogP contribution in [0.3, 0.4) is 0 Å². The monoisotopic (exact) mass is 293 g/mol. The van der Waals surface area contributed by atoms with Gasteiger partial charge in [0.05, 0.1) is 15.7 Å². The van der Waals surface area contributed by atoms with Gasteiger partial charge in [-0.3, -0.25) is 4.79 Å². The predicted octanol–water partition coefficient (Wildman–Crippen LogP) is 3.07. The molecule has 0 spiro atoms. The maximum Gasteiger partial charge on any atom is 0.234 e. The summed E-state index contributed by atoms with van der Waals surface area (Å²) < 4.78 is 0.997. The molecule has 0 saturated heterocycles. The normalized spacial score (nSPS) is 10.4. The lowest BCUT2D eigenvalue weighted by molar-refractivity contribution is -0.113. The molecule has 100 valence electrons. The van der Waals surface area contributed by atoms with Gasteiger partial charge in [0.25, 0.3) is 0 Å². The van der Waals surface area contributed by atoms with E-state index in [0.29, 0.717) is 10.9 Å². The van der Waals surface area contributed by atoms with Gasteiger partial charge in [0.15, 0.2) is 5.13 Å². The van der Waals surface area contributed by atoms with Crippen LogP contribution in [0.25, 0.3) is 0 Å². The van der Waals surface area contributed by atoms with E-state index in [0.717, 1.165) is 21.2 Å². The summed E-state index contributed by atoms with van der Waals surface area (Å²) in [6, 6.07) is 7.74. The molecule has 19 heavy (non-hydrogen) atoms. The second-order valence-corrected chi connectivity index (χ2v) is 6.41. The van der Waals surface area contributed by atoms with E-state index in [1.54, 1.807) is 0 Å². The van der Waals surface area contributed by atoms with Crippen LogP contribution in [0.15, 0.2) is 28.5 Å². The van der Waals surface area contributed by atoms with Crippen molar-refractivity contribution in [3.05, 3.63) is 35.5 Å². The molecule has 1 amide bonds. The maximum atomic E-state index is 11.8. The molecule has 2 aromatic rings. The summed E-state index contributed by atoms with van der Waals surface area (Å²) in [5.41, 5.74) is 8.45. The van der Waals surface area contributed by atoms with E-state index in [-0.39, 0.29) is 5.91 Å². The lowest BCUT2D eigenvalue weighted by atomic mass is 10.2. The summed E-state index contributed by atoms with van der Waals surface area (Å²) in [6.07, 6.45) is 0. The van der Waals surface area contributed by atoms with Crippen molar-refractivity contribution in [2.24, 2.45) is 0 Å². The highest BCUT2D eigenvalue weighted by atomic mass is 32.2. The molecule has 0 atom stereocenters. The van der Waals surface area contributed by atoms with Crippen LogP contribution in [0.4, 0.5) is 10.8 Å². The summed E-state index contributed by atoms with van der Waals surface area (Å²) in [4.78, 5) is 16.0. The van der Waals surface area contributed by atoms with Crippen LogP contribution in [0, 0.1) is 13.8 Å². The van der Waals surface area contributed by atoms with Crippen molar-refractivity contribution >= 4 is 39.8 Å². The van der Waals surface area contributed by atoms with Crippen molar-refractivity contribution in [2.45, 2.75) is 18.1 Å². The van der Waals surface area contributed by atoms with E-state index in [9.17, 15) is 4.79 Å². The van der Waals surface area contributed by atoms with Gasteiger partial charge in [0.1, 0.15) is 0 Å². The maximum absolute atomic E-state index is 11.8. The summed E-state index contributed by atoms with van der Waals surface area (Å²) in [5.74, 6) is 0.332. The fourth-order valence-electron chi connectivity index (χ4n) is 1.59. The molecule has 0 aliphatic carbocycles. The predicted molar refractivity (Wildman–Crippen MR) is 81.8 cm³/mol. The molecule has 6 heteroatoms. The van der Waals surface area contributed by atoms with Crippen molar-refractivity contribution in [3.63, 3.8) is 0 Å². The first kappa shape index (κ1) is 13.9. The van der Waals surface area contributed by atoms with Gasteiger partial charge in [-0.25, -0.2) is 4.98 Å². The topological polar surface area (TPSA) is 68.0 Å². The van der Waals surface area contributed by atoms with Crippen molar-refractivity contribution in [1.82, 2.24) is 4.98 Å². The number of rotatable bonds is 4. The average molecular weight is 293 g/mol. The molecule has 4 nitrogen and oxygen atoms in total. The summed E-state index contributed by atoms with van der Waals surface area (Å²) >= 11 is 2.88. The molecule has 3 N–H and O–H groups in total. The number of hydrogen-bond donors (Lipinski definition) is 2. The molecule has 0 unspecified atom stereocenters. The molecule has 1 aromatic heterocycles. The molecule has 0 aliphatic heterocycles. The summed E-state index contributed by atoms with van der Waals surface area (Å²) in [7, 11) is 0. The first-order chi connectivity index (χ1) is 9.04. The highest BCUT2D eigenvalue weighted by Gasteiger charge is 2.09. The number of carbonyl (C=O) groups excluding carboxylic acids is 1. The van der Waals surface area contributed by atoms with Gasteiger partial charge in [-0.05, 0) is 31.5 Å². The van der Waals surface area contributed by atoms with E-state index in [2.05, 4.69) is 10.3 Å². The number of nitrogen functional groups attached to an aromatic ring is 1. The molecule has 0 radical (unpaired) electrons. The zero-order valence-corrected chi connectivity index (χ0v) is 12.4. The number of nitrogens with two attached hydrogens (primary N) is 1. The van der Waals surface area contributed by atoms with Crippen LogP contribution < -0.4 is 11.1 Å². The number of thiazole rings is 1. The number of thioether (sulfide) groups is 1. The van der Waals surface area contributed by atoms with Gasteiger partial charge in [0.2, 0.25) is 5.91 Å². The zero-order chi connectivity index (χ0) is 13.8. The number of aryl methyl sites for hydroxylation is 2. The largest absolute Gasteiger partial charge is 0.375 e. The number of hydrogen-bond acceptors (Lipinski definition) is 5. The highest BCUT2D eigenvalue weighted by molar-refractivity contribution is 8.01. The van der Waals surface area contributed by atoms with Gasteiger partial charge >= 0.3 is 0 Å². The average Bonchev–Trinajstić information content (AvgIpc) is 2.65. The summed E-state index contributed by atoms with van der Waals surface area (Å²) in [5, 5.41) is 3.41. The Morgan fingerprint density at radius 1 is 1.47 bits per heavy atom. The van der Waals surface area contributed by atoms with Crippen LogP contribution in [0.2, 0.25) is 0 Å². The Morgan fingerprint density at radius 3 is 2.89 bits per heavy atom. The number of aromatic nitrogens is 1. The molecule has 0 fully saturated rings. The van der Waals surface area contributed by atoms with Crippen molar-refractivity contribution in [3.8, 4) is 0 Å². The van der Waals surface area contributed by atoms with E-state index in [4.69, 9.17) is 5.73 Å². The van der Waals surface area contributed by atoms with Gasteiger partial charge in [-0.1, -0.05) is 23.5 Å². The molecular weight excluding hydrogens is 278 g/mol. The Kier molecular flexibility index (Phi) is 4.44. The van der Waals surface area contributed by atoms with Crippen molar-refractivity contribution in [2.75, 3.05) is 16.8 Å². The van der Waals surface area contributed by atoms with Gasteiger partial charge in [0, 0.05) is 5.69 Å². The standard InChI is InChI=1S/C13H15N3OS2/c1-8-4-3-5-10(6-8)16-11(17)7-18-12-9(2)15-13(14)19-12/h3-6H,7H2,1-2H3,(H2,14,15)(H,16,17). The molecule has 1 aromatic carbocycles. The number of carbonyl (C=O) groups is 1. The van der Waals surface area contributed by atoms with Crippen molar-refractivity contribution in [1.29, 1.82) is 0 Å². The molecule has 0 bridgehead atoms. The van der Waals surface area contributed by atoms with Crippen LogP contribution in [-0.4, -0.2) is 16.6 Å². The molecule has 2 rings (SSSR count). The number of nitrogens with zero attached hydrogens (tertiary/aromatic N) is 1. The minimum atomic E-state index is -0.0260. The fraction of sp³-hybridized carbons (Fsp3) is 0.231. The van der Waals surface area contributed by atoms with E-state index >= 15 is 0 Å². The lowest BCUT2D eigenvalue weighted by Gasteiger charge is -2.05. The Morgan fingerprint density at radius 2 is 2.26 bits per heavy atom. The first-order valence-corrected chi connectivity index (χ1v) is 7.57. The number of benzene rings is 1. The van der Waals surface area contributed by atoms with Crippen molar-refractivity contribution < 1.29 is 4.79 Å². The third-order valence-corrected chi connectivity index (χ3v) is 4.76. The van der Waals surface area contributed by atoms with E-state index in [1.807, 2.05) is 38.1 Å².